The van der Waals surface area contributed by atoms with Crippen LogP contribution in [0.1, 0.15) is 33.8 Å². The molecule has 0 bridgehead atoms. The van der Waals surface area contributed by atoms with E-state index in [1.54, 1.807) is 48.0 Å². The minimum Gasteiger partial charge on any atom is -0.381 e. The maximum absolute atomic E-state index is 12.3. The number of carbonyl (C=O) groups is 2. The van der Waals surface area contributed by atoms with Crippen molar-refractivity contribution in [3.63, 3.8) is 0 Å². The predicted molar refractivity (Wildman–Crippen MR) is 93.6 cm³/mol. The first-order valence-corrected chi connectivity index (χ1v) is 8.61. The van der Waals surface area contributed by atoms with Gasteiger partial charge in [0.15, 0.2) is 0 Å². The van der Waals surface area contributed by atoms with E-state index < -0.39 is 0 Å². The van der Waals surface area contributed by atoms with Crippen molar-refractivity contribution < 1.29 is 14.3 Å². The van der Waals surface area contributed by atoms with Crippen LogP contribution in [0.3, 0.4) is 0 Å². The molecule has 140 valence electrons. The van der Waals surface area contributed by atoms with Crippen LogP contribution in [0.5, 0.6) is 0 Å². The van der Waals surface area contributed by atoms with Gasteiger partial charge in [-0.3, -0.25) is 19.0 Å². The number of nitrogens with zero attached hydrogens (tertiary/aromatic N) is 4. The van der Waals surface area contributed by atoms with Gasteiger partial charge in [0.05, 0.1) is 0 Å². The van der Waals surface area contributed by atoms with Crippen LogP contribution in [-0.4, -0.2) is 57.7 Å². The molecule has 0 spiro atoms. The molecule has 0 atom stereocenters. The van der Waals surface area contributed by atoms with Crippen molar-refractivity contribution in [3.8, 4) is 0 Å². The van der Waals surface area contributed by atoms with Crippen LogP contribution < -0.4 is 10.6 Å². The first-order chi connectivity index (χ1) is 12.5. The highest BCUT2D eigenvalue weighted by atomic mass is 16.5. The molecule has 3 heterocycles. The summed E-state index contributed by atoms with van der Waals surface area (Å²) in [5.41, 5.74) is 0.520. The third kappa shape index (κ3) is 4.29. The quantitative estimate of drug-likeness (QED) is 0.761. The molecule has 26 heavy (non-hydrogen) atoms. The van der Waals surface area contributed by atoms with Gasteiger partial charge >= 0.3 is 0 Å². The summed E-state index contributed by atoms with van der Waals surface area (Å²) in [7, 11) is 3.54. The zero-order valence-corrected chi connectivity index (χ0v) is 15.1. The summed E-state index contributed by atoms with van der Waals surface area (Å²) in [5.74, 6) is -0.431. The van der Waals surface area contributed by atoms with Crippen LogP contribution >= 0.6 is 0 Å². The van der Waals surface area contributed by atoms with Gasteiger partial charge in [0, 0.05) is 58.2 Å². The van der Waals surface area contributed by atoms with Crippen molar-refractivity contribution in [1.29, 1.82) is 0 Å². The van der Waals surface area contributed by atoms with Gasteiger partial charge in [0.25, 0.3) is 11.8 Å². The molecule has 1 fully saturated rings. The number of carbonyl (C=O) groups excluding carboxylic acids is 2. The van der Waals surface area contributed by atoms with E-state index in [9.17, 15) is 9.59 Å². The molecule has 9 nitrogen and oxygen atoms in total. The number of ether oxygens (including phenoxy) is 1. The summed E-state index contributed by atoms with van der Waals surface area (Å²) in [6.45, 7) is 2.13. The molecule has 0 radical (unpaired) electrons. The number of aromatic nitrogens is 4. The van der Waals surface area contributed by atoms with E-state index in [1.165, 1.54) is 0 Å². The smallest absolute Gasteiger partial charge is 0.271 e. The van der Waals surface area contributed by atoms with Gasteiger partial charge in [-0.15, -0.1) is 0 Å². The van der Waals surface area contributed by atoms with E-state index >= 15 is 0 Å². The molecular formula is C17H24N6O3. The second-order valence-corrected chi connectivity index (χ2v) is 6.73. The normalized spacial score (nSPS) is 16.2. The largest absolute Gasteiger partial charge is 0.381 e. The molecule has 2 amide bonds. The summed E-state index contributed by atoms with van der Waals surface area (Å²) in [4.78, 5) is 24.6. The van der Waals surface area contributed by atoms with Gasteiger partial charge < -0.3 is 15.4 Å². The zero-order chi connectivity index (χ0) is 18.6. The molecule has 1 aliphatic heterocycles. The lowest BCUT2D eigenvalue weighted by molar-refractivity contribution is 0.0150. The number of rotatable bonds is 6. The Morgan fingerprint density at radius 3 is 1.85 bits per heavy atom. The minimum absolute atomic E-state index is 0.215. The Kier molecular flexibility index (Phi) is 5.36. The second kappa shape index (κ2) is 7.69. The fourth-order valence-electron chi connectivity index (χ4n) is 3.01. The minimum atomic E-state index is -0.243. The van der Waals surface area contributed by atoms with Crippen molar-refractivity contribution in [2.75, 3.05) is 26.3 Å². The van der Waals surface area contributed by atoms with Gasteiger partial charge in [0.2, 0.25) is 0 Å². The maximum Gasteiger partial charge on any atom is 0.271 e. The van der Waals surface area contributed by atoms with Crippen LogP contribution in [0, 0.1) is 5.41 Å². The molecule has 0 aromatic carbocycles. The molecule has 9 heteroatoms. The molecular weight excluding hydrogens is 336 g/mol. The second-order valence-electron chi connectivity index (χ2n) is 6.73. The number of hydrogen-bond donors (Lipinski definition) is 2. The van der Waals surface area contributed by atoms with Gasteiger partial charge in [-0.25, -0.2) is 0 Å². The Balaban J connectivity index is 1.60. The van der Waals surface area contributed by atoms with E-state index in [2.05, 4.69) is 20.8 Å². The van der Waals surface area contributed by atoms with Crippen LogP contribution in [0.4, 0.5) is 0 Å². The number of hydrogen-bond acceptors (Lipinski definition) is 5. The summed E-state index contributed by atoms with van der Waals surface area (Å²) < 4.78 is 8.64. The highest BCUT2D eigenvalue weighted by molar-refractivity contribution is 5.92. The third-order valence-corrected chi connectivity index (χ3v) is 4.69. The van der Waals surface area contributed by atoms with Crippen LogP contribution in [0.25, 0.3) is 0 Å². The van der Waals surface area contributed by atoms with E-state index in [1.807, 2.05) is 0 Å². The maximum atomic E-state index is 12.3. The Labute approximate surface area is 151 Å². The summed E-state index contributed by atoms with van der Waals surface area (Å²) in [5, 5.41) is 14.1. The van der Waals surface area contributed by atoms with Crippen molar-refractivity contribution in [2.24, 2.45) is 19.5 Å². The zero-order valence-electron chi connectivity index (χ0n) is 15.1. The molecule has 0 saturated carbocycles. The first-order valence-electron chi connectivity index (χ1n) is 8.61. The van der Waals surface area contributed by atoms with E-state index in [0.717, 1.165) is 12.8 Å². The van der Waals surface area contributed by atoms with Crippen LogP contribution in [0.15, 0.2) is 24.5 Å². The monoisotopic (exact) mass is 360 g/mol. The standard InChI is InChI=1S/C17H24N6O3/c1-22-7-3-13(20-22)15(24)18-11-17(5-9-26-10-6-17)12-19-16(25)14-4-8-23(2)21-14/h3-4,7-8H,5-6,9-12H2,1-2H3,(H,18,24)(H,19,25). The molecule has 2 aromatic heterocycles. The number of amides is 2. The van der Waals surface area contributed by atoms with E-state index in [4.69, 9.17) is 4.74 Å². The summed E-state index contributed by atoms with van der Waals surface area (Å²) in [6, 6.07) is 3.35. The van der Waals surface area contributed by atoms with Crippen LogP contribution in [-0.2, 0) is 18.8 Å². The fraction of sp³-hybridized carbons (Fsp3) is 0.529. The molecule has 3 rings (SSSR count). The highest BCUT2D eigenvalue weighted by Crippen LogP contribution is 2.29. The average molecular weight is 360 g/mol. The van der Waals surface area contributed by atoms with Gasteiger partial charge in [-0.1, -0.05) is 0 Å². The molecule has 0 aliphatic carbocycles. The van der Waals surface area contributed by atoms with E-state index in [-0.39, 0.29) is 17.2 Å². The Hall–Kier alpha value is -2.68. The lowest BCUT2D eigenvalue weighted by Gasteiger charge is -2.37. The lowest BCUT2D eigenvalue weighted by atomic mass is 9.80. The van der Waals surface area contributed by atoms with Crippen molar-refractivity contribution in [3.05, 3.63) is 35.9 Å². The lowest BCUT2D eigenvalue weighted by Crippen LogP contribution is -2.48. The van der Waals surface area contributed by atoms with Gasteiger partial charge in [0.1, 0.15) is 11.4 Å². The summed E-state index contributed by atoms with van der Waals surface area (Å²) in [6.07, 6.45) is 4.98. The summed E-state index contributed by atoms with van der Waals surface area (Å²) >= 11 is 0. The molecule has 1 aliphatic rings. The Bertz CT molecular complexity index is 717. The van der Waals surface area contributed by atoms with Crippen LogP contribution in [0.2, 0.25) is 0 Å². The third-order valence-electron chi connectivity index (χ3n) is 4.69. The Morgan fingerprint density at radius 2 is 1.46 bits per heavy atom. The van der Waals surface area contributed by atoms with E-state index in [0.29, 0.717) is 37.7 Å². The number of aryl methyl sites for hydroxylation is 2. The molecule has 2 aromatic rings. The average Bonchev–Trinajstić information content (AvgIpc) is 3.27. The SMILES string of the molecule is Cn1ccc(C(=O)NCC2(CNC(=O)c3ccn(C)n3)CCOCC2)n1. The number of nitrogens with one attached hydrogen (secondary N) is 2. The van der Waals surface area contributed by atoms with Gasteiger partial charge in [-0.2, -0.15) is 10.2 Å². The van der Waals surface area contributed by atoms with Gasteiger partial charge in [-0.05, 0) is 25.0 Å². The van der Waals surface area contributed by atoms with Crippen molar-refractivity contribution >= 4 is 11.8 Å². The van der Waals surface area contributed by atoms with Crippen molar-refractivity contribution in [1.82, 2.24) is 30.2 Å². The predicted octanol–water partition coefficient (Wildman–Crippen LogP) is 0.110. The fourth-order valence-corrected chi connectivity index (χ4v) is 3.01. The van der Waals surface area contributed by atoms with Crippen molar-refractivity contribution in [2.45, 2.75) is 12.8 Å². The molecule has 2 N–H and O–H groups in total. The topological polar surface area (TPSA) is 103 Å². The highest BCUT2D eigenvalue weighted by Gasteiger charge is 2.34. The molecule has 0 unspecified atom stereocenters. The molecule has 1 saturated heterocycles. The Morgan fingerprint density at radius 1 is 1.00 bits per heavy atom. The first kappa shape index (κ1) is 18.1.